The van der Waals surface area contributed by atoms with Crippen LogP contribution in [0.3, 0.4) is 0 Å². The van der Waals surface area contributed by atoms with Crippen LogP contribution >= 0.6 is 15.9 Å². The number of nitrogens with one attached hydrogen (secondary N) is 1. The number of para-hydroxylation sites is 1. The molecule has 0 aliphatic heterocycles. The quantitative estimate of drug-likeness (QED) is 0.636. The molecule has 90 valence electrons. The second-order valence-electron chi connectivity index (χ2n) is 3.20. The number of nitrogens with two attached hydrogens (primary N) is 1. The van der Waals surface area contributed by atoms with E-state index < -0.39 is 0 Å². The van der Waals surface area contributed by atoms with Crippen LogP contribution in [0.15, 0.2) is 22.7 Å². The van der Waals surface area contributed by atoms with E-state index in [1.54, 1.807) is 18.2 Å². The molecule has 0 fully saturated rings. The maximum absolute atomic E-state index is 11.3. The van der Waals surface area contributed by atoms with Crippen LogP contribution in [0.25, 0.3) is 0 Å². The summed E-state index contributed by atoms with van der Waals surface area (Å²) in [7, 11) is 0. The zero-order valence-electron chi connectivity index (χ0n) is 9.07. The normalized spacial score (nSPS) is 9.41. The van der Waals surface area contributed by atoms with Gasteiger partial charge in [0.2, 0.25) is 0 Å². The first-order valence-electron chi connectivity index (χ1n) is 4.95. The van der Waals surface area contributed by atoms with Crippen LogP contribution in [0.2, 0.25) is 0 Å². The standard InChI is InChI=1S/C11H12BrN3O2/c12-8-3-1-4-9(14)11(8)17-7-10(16)15-6-2-5-13/h1,3-4H,2,6-7,14H2,(H,15,16). The minimum Gasteiger partial charge on any atom is -0.480 e. The molecule has 0 saturated carbocycles. The first-order valence-corrected chi connectivity index (χ1v) is 5.75. The fourth-order valence-electron chi connectivity index (χ4n) is 1.12. The highest BCUT2D eigenvalue weighted by molar-refractivity contribution is 9.10. The van der Waals surface area contributed by atoms with Crippen molar-refractivity contribution in [3.05, 3.63) is 22.7 Å². The summed E-state index contributed by atoms with van der Waals surface area (Å²) in [5.41, 5.74) is 6.16. The topological polar surface area (TPSA) is 88.1 Å². The lowest BCUT2D eigenvalue weighted by Crippen LogP contribution is -2.29. The molecule has 0 aliphatic rings. The zero-order chi connectivity index (χ0) is 12.7. The van der Waals surface area contributed by atoms with Gasteiger partial charge in [0.1, 0.15) is 0 Å². The minimum absolute atomic E-state index is 0.127. The number of carbonyl (C=O) groups excluding carboxylic acids is 1. The molecular weight excluding hydrogens is 286 g/mol. The highest BCUT2D eigenvalue weighted by atomic mass is 79.9. The van der Waals surface area contributed by atoms with E-state index in [1.165, 1.54) is 0 Å². The number of rotatable bonds is 5. The van der Waals surface area contributed by atoms with Gasteiger partial charge in [-0.3, -0.25) is 4.79 Å². The van der Waals surface area contributed by atoms with Gasteiger partial charge in [-0.05, 0) is 28.1 Å². The van der Waals surface area contributed by atoms with Crippen molar-refractivity contribution in [1.29, 1.82) is 5.26 Å². The first-order chi connectivity index (χ1) is 8.15. The summed E-state index contributed by atoms with van der Waals surface area (Å²) in [4.78, 5) is 11.3. The molecule has 0 bridgehead atoms. The van der Waals surface area contributed by atoms with Crippen molar-refractivity contribution in [3.63, 3.8) is 0 Å². The molecule has 6 heteroatoms. The van der Waals surface area contributed by atoms with Gasteiger partial charge >= 0.3 is 0 Å². The largest absolute Gasteiger partial charge is 0.480 e. The van der Waals surface area contributed by atoms with Gasteiger partial charge in [0.25, 0.3) is 5.91 Å². The average Bonchev–Trinajstić information content (AvgIpc) is 2.29. The molecule has 0 saturated heterocycles. The Bertz CT molecular complexity index is 423. The Morgan fingerprint density at radius 1 is 1.59 bits per heavy atom. The fourth-order valence-corrected chi connectivity index (χ4v) is 1.62. The van der Waals surface area contributed by atoms with Crippen molar-refractivity contribution in [1.82, 2.24) is 5.32 Å². The number of nitrogen functional groups attached to an aromatic ring is 1. The molecule has 5 nitrogen and oxygen atoms in total. The van der Waals surface area contributed by atoms with Gasteiger partial charge < -0.3 is 15.8 Å². The van der Waals surface area contributed by atoms with Crippen molar-refractivity contribution in [2.75, 3.05) is 18.9 Å². The van der Waals surface area contributed by atoms with Gasteiger partial charge in [-0.15, -0.1) is 0 Å². The molecule has 0 radical (unpaired) electrons. The van der Waals surface area contributed by atoms with Crippen LogP contribution in [-0.2, 0) is 4.79 Å². The highest BCUT2D eigenvalue weighted by Gasteiger charge is 2.07. The minimum atomic E-state index is -0.282. The SMILES string of the molecule is N#CCCNC(=O)COc1c(N)cccc1Br. The Labute approximate surface area is 108 Å². The third kappa shape index (κ3) is 4.33. The second kappa shape index (κ2) is 6.76. The van der Waals surface area contributed by atoms with E-state index in [4.69, 9.17) is 15.7 Å². The number of ether oxygens (including phenoxy) is 1. The number of nitrogens with zero attached hydrogens (tertiary/aromatic N) is 1. The van der Waals surface area contributed by atoms with Gasteiger partial charge in [0.05, 0.1) is 22.7 Å². The van der Waals surface area contributed by atoms with Crippen molar-refractivity contribution in [2.24, 2.45) is 0 Å². The Morgan fingerprint density at radius 3 is 3.00 bits per heavy atom. The van der Waals surface area contributed by atoms with Crippen LogP contribution < -0.4 is 15.8 Å². The van der Waals surface area contributed by atoms with Crippen LogP contribution in [0, 0.1) is 11.3 Å². The average molecular weight is 298 g/mol. The van der Waals surface area contributed by atoms with Crippen LogP contribution in [0.4, 0.5) is 5.69 Å². The van der Waals surface area contributed by atoms with Crippen molar-refractivity contribution >= 4 is 27.5 Å². The van der Waals surface area contributed by atoms with Crippen molar-refractivity contribution in [2.45, 2.75) is 6.42 Å². The molecule has 17 heavy (non-hydrogen) atoms. The number of halogens is 1. The van der Waals surface area contributed by atoms with E-state index in [9.17, 15) is 4.79 Å². The number of amides is 1. The summed E-state index contributed by atoms with van der Waals surface area (Å²) in [5.74, 6) is 0.165. The number of nitriles is 1. The van der Waals surface area contributed by atoms with Crippen molar-refractivity contribution < 1.29 is 9.53 Å². The lowest BCUT2D eigenvalue weighted by Gasteiger charge is -2.10. The van der Waals surface area contributed by atoms with Crippen LogP contribution in [-0.4, -0.2) is 19.1 Å². The number of hydrogen-bond acceptors (Lipinski definition) is 4. The molecule has 3 N–H and O–H groups in total. The monoisotopic (exact) mass is 297 g/mol. The van der Waals surface area contributed by atoms with E-state index in [-0.39, 0.29) is 18.9 Å². The number of anilines is 1. The molecule has 0 unspecified atom stereocenters. The molecule has 0 spiro atoms. The summed E-state index contributed by atoms with van der Waals surface area (Å²) < 4.78 is 5.99. The molecule has 0 aromatic heterocycles. The van der Waals surface area contributed by atoms with E-state index in [2.05, 4.69) is 21.2 Å². The Kier molecular flexibility index (Phi) is 5.30. The van der Waals surface area contributed by atoms with E-state index in [0.717, 1.165) is 0 Å². The summed E-state index contributed by atoms with van der Waals surface area (Å²) in [6, 6.07) is 7.17. The lowest BCUT2D eigenvalue weighted by atomic mass is 10.3. The molecule has 0 atom stereocenters. The summed E-state index contributed by atoms with van der Waals surface area (Å²) in [6.07, 6.45) is 0.281. The third-order valence-electron chi connectivity index (χ3n) is 1.90. The number of hydrogen-bond donors (Lipinski definition) is 2. The Hall–Kier alpha value is -1.74. The summed E-state index contributed by atoms with van der Waals surface area (Å²) in [5, 5.41) is 10.9. The van der Waals surface area contributed by atoms with Gasteiger partial charge in [-0.1, -0.05) is 6.07 Å². The van der Waals surface area contributed by atoms with Gasteiger partial charge in [-0.2, -0.15) is 5.26 Å². The molecule has 1 aromatic rings. The Morgan fingerprint density at radius 2 is 2.35 bits per heavy atom. The second-order valence-corrected chi connectivity index (χ2v) is 4.06. The number of carbonyl (C=O) groups is 1. The molecule has 1 aromatic carbocycles. The highest BCUT2D eigenvalue weighted by Crippen LogP contribution is 2.30. The van der Waals surface area contributed by atoms with Crippen LogP contribution in [0.1, 0.15) is 6.42 Å². The maximum Gasteiger partial charge on any atom is 0.257 e. The molecular formula is C11H12BrN3O2. The number of benzene rings is 1. The maximum atomic E-state index is 11.3. The molecule has 1 amide bonds. The van der Waals surface area contributed by atoms with E-state index >= 15 is 0 Å². The Balaban J connectivity index is 2.45. The van der Waals surface area contributed by atoms with E-state index in [0.29, 0.717) is 22.5 Å². The van der Waals surface area contributed by atoms with Gasteiger partial charge in [0.15, 0.2) is 12.4 Å². The fraction of sp³-hybridized carbons (Fsp3) is 0.273. The molecule has 0 aliphatic carbocycles. The lowest BCUT2D eigenvalue weighted by molar-refractivity contribution is -0.123. The summed E-state index contributed by atoms with van der Waals surface area (Å²) in [6.45, 7) is 0.197. The predicted molar refractivity (Wildman–Crippen MR) is 67.3 cm³/mol. The van der Waals surface area contributed by atoms with Crippen molar-refractivity contribution in [3.8, 4) is 11.8 Å². The first kappa shape index (κ1) is 13.3. The predicted octanol–water partition coefficient (Wildman–Crippen LogP) is 1.44. The zero-order valence-corrected chi connectivity index (χ0v) is 10.7. The third-order valence-corrected chi connectivity index (χ3v) is 2.53. The van der Waals surface area contributed by atoms with Crippen LogP contribution in [0.5, 0.6) is 5.75 Å². The smallest absolute Gasteiger partial charge is 0.257 e. The summed E-state index contributed by atoms with van der Waals surface area (Å²) >= 11 is 3.28. The molecule has 0 heterocycles. The van der Waals surface area contributed by atoms with Gasteiger partial charge in [0, 0.05) is 6.54 Å². The van der Waals surface area contributed by atoms with Gasteiger partial charge in [-0.25, -0.2) is 0 Å². The molecule has 1 rings (SSSR count). The van der Waals surface area contributed by atoms with E-state index in [1.807, 2.05) is 6.07 Å².